The minimum absolute atomic E-state index is 0.0725. The van der Waals surface area contributed by atoms with Gasteiger partial charge in [-0.25, -0.2) is 0 Å². The maximum Gasteiger partial charge on any atom is 0.0502 e. The lowest BCUT2D eigenvalue weighted by atomic mass is 9.62. The molecule has 0 atom stereocenters. The van der Waals surface area contributed by atoms with E-state index in [9.17, 15) is 0 Å². The number of para-hydroxylation sites is 2. The van der Waals surface area contributed by atoms with Crippen LogP contribution in [-0.4, -0.2) is 0 Å². The molecule has 274 valence electrons. The third kappa shape index (κ3) is 6.66. The van der Waals surface area contributed by atoms with E-state index in [2.05, 4.69) is 232 Å². The van der Waals surface area contributed by atoms with Gasteiger partial charge in [-0.1, -0.05) is 149 Å². The number of hydrogen-bond donors (Lipinski definition) is 0. The van der Waals surface area contributed by atoms with Gasteiger partial charge in [0.15, 0.2) is 0 Å². The first kappa shape index (κ1) is 35.3. The second-order valence-electron chi connectivity index (χ2n) is 16.5. The Hall–Kier alpha value is -6.38. The van der Waals surface area contributed by atoms with Crippen LogP contribution in [0.3, 0.4) is 0 Å². The lowest BCUT2D eigenvalue weighted by molar-refractivity contribution is 0.332. The number of fused-ring (bicyclic) bond motifs is 2. The standard InChI is InChI=1S/C54H48N2/c1-53(2)36-37-54(3,4)52-50(53)20-13-21-51(52)56(46-18-9-6-10-19-46)49-34-26-41(27-35-49)40-24-30-47(31-25-40)55(45-16-7-5-8-17-45)48-32-28-42(29-33-48)44-23-22-39-14-11-12-15-43(39)38-44/h5-35,38H,36-37H2,1-4H3. The van der Waals surface area contributed by atoms with Gasteiger partial charge in [0.1, 0.15) is 0 Å². The third-order valence-corrected chi connectivity index (χ3v) is 11.9. The van der Waals surface area contributed by atoms with Crippen LogP contribution < -0.4 is 9.80 Å². The molecule has 0 saturated carbocycles. The Labute approximate surface area is 332 Å². The number of rotatable bonds is 8. The van der Waals surface area contributed by atoms with Crippen LogP contribution in [-0.2, 0) is 10.8 Å². The maximum absolute atomic E-state index is 2.46. The van der Waals surface area contributed by atoms with Gasteiger partial charge in [0.25, 0.3) is 0 Å². The van der Waals surface area contributed by atoms with Gasteiger partial charge in [-0.3, -0.25) is 0 Å². The van der Waals surface area contributed by atoms with Gasteiger partial charge in [0.05, 0.1) is 5.69 Å². The average Bonchev–Trinajstić information content (AvgIpc) is 3.24. The van der Waals surface area contributed by atoms with Crippen LogP contribution >= 0.6 is 0 Å². The van der Waals surface area contributed by atoms with Gasteiger partial charge in [0, 0.05) is 28.4 Å². The molecular weight excluding hydrogens is 677 g/mol. The summed E-state index contributed by atoms with van der Waals surface area (Å²) in [5, 5.41) is 2.52. The van der Waals surface area contributed by atoms with Gasteiger partial charge < -0.3 is 9.80 Å². The average molecular weight is 725 g/mol. The summed E-state index contributed by atoms with van der Waals surface area (Å²) in [7, 11) is 0. The zero-order valence-corrected chi connectivity index (χ0v) is 32.8. The summed E-state index contributed by atoms with van der Waals surface area (Å²) in [6, 6.07) is 70.6. The van der Waals surface area contributed by atoms with Crippen LogP contribution in [0.15, 0.2) is 194 Å². The van der Waals surface area contributed by atoms with Crippen LogP contribution in [0.5, 0.6) is 0 Å². The van der Waals surface area contributed by atoms with Crippen molar-refractivity contribution in [2.45, 2.75) is 51.4 Å². The summed E-state index contributed by atoms with van der Waals surface area (Å²) in [5.41, 5.74) is 14.9. The monoisotopic (exact) mass is 724 g/mol. The predicted molar refractivity (Wildman–Crippen MR) is 239 cm³/mol. The quantitative estimate of drug-likeness (QED) is 0.154. The maximum atomic E-state index is 2.46. The molecule has 0 aliphatic heterocycles. The van der Waals surface area contributed by atoms with Crippen molar-refractivity contribution in [3.63, 3.8) is 0 Å². The molecule has 0 aromatic heterocycles. The highest BCUT2D eigenvalue weighted by atomic mass is 15.1. The van der Waals surface area contributed by atoms with E-state index in [1.54, 1.807) is 0 Å². The lowest BCUT2D eigenvalue weighted by Gasteiger charge is -2.44. The smallest absolute Gasteiger partial charge is 0.0502 e. The molecular formula is C54H48N2. The van der Waals surface area contributed by atoms with Crippen molar-refractivity contribution in [1.82, 2.24) is 0 Å². The van der Waals surface area contributed by atoms with E-state index in [1.165, 1.54) is 68.4 Å². The van der Waals surface area contributed by atoms with Crippen molar-refractivity contribution in [3.05, 3.63) is 205 Å². The molecule has 56 heavy (non-hydrogen) atoms. The summed E-state index contributed by atoms with van der Waals surface area (Å²) >= 11 is 0. The molecule has 2 heteroatoms. The molecule has 0 saturated heterocycles. The molecule has 0 fully saturated rings. The number of hydrogen-bond acceptors (Lipinski definition) is 2. The normalized spacial score (nSPS) is 14.2. The van der Waals surface area contributed by atoms with Crippen molar-refractivity contribution in [1.29, 1.82) is 0 Å². The topological polar surface area (TPSA) is 6.48 Å². The molecule has 0 radical (unpaired) electrons. The Balaban J connectivity index is 1.03. The molecule has 0 bridgehead atoms. The first-order valence-corrected chi connectivity index (χ1v) is 19.9. The third-order valence-electron chi connectivity index (χ3n) is 11.9. The van der Waals surface area contributed by atoms with E-state index < -0.39 is 0 Å². The molecule has 1 aliphatic rings. The molecule has 8 aromatic carbocycles. The fraction of sp³-hybridized carbons (Fsp3) is 0.148. The SMILES string of the molecule is CC1(C)CCC(C)(C)c2c(N(c3ccccc3)c3ccc(-c4ccc(N(c5ccccc5)c5ccc(-c6ccc7ccccc7c6)cc5)cc4)cc3)cccc21. The highest BCUT2D eigenvalue weighted by Crippen LogP contribution is 2.51. The van der Waals surface area contributed by atoms with Crippen LogP contribution in [0.4, 0.5) is 34.1 Å². The minimum atomic E-state index is 0.0725. The first-order valence-electron chi connectivity index (χ1n) is 19.9. The van der Waals surface area contributed by atoms with Crippen molar-refractivity contribution in [2.75, 3.05) is 9.80 Å². The summed E-state index contributed by atoms with van der Waals surface area (Å²) < 4.78 is 0. The van der Waals surface area contributed by atoms with Crippen molar-refractivity contribution < 1.29 is 0 Å². The van der Waals surface area contributed by atoms with Crippen LogP contribution in [0.25, 0.3) is 33.0 Å². The number of nitrogens with zero attached hydrogens (tertiary/aromatic N) is 2. The zero-order valence-electron chi connectivity index (χ0n) is 32.8. The highest BCUT2D eigenvalue weighted by molar-refractivity contribution is 5.88. The predicted octanol–water partition coefficient (Wildman–Crippen LogP) is 15.5. The van der Waals surface area contributed by atoms with E-state index in [0.717, 1.165) is 22.7 Å². The van der Waals surface area contributed by atoms with E-state index in [-0.39, 0.29) is 10.8 Å². The second-order valence-corrected chi connectivity index (χ2v) is 16.5. The lowest BCUT2D eigenvalue weighted by Crippen LogP contribution is -2.35. The molecule has 0 spiro atoms. The van der Waals surface area contributed by atoms with Crippen molar-refractivity contribution >= 4 is 44.9 Å². The van der Waals surface area contributed by atoms with Crippen LogP contribution in [0, 0.1) is 0 Å². The highest BCUT2D eigenvalue weighted by Gasteiger charge is 2.39. The molecule has 0 N–H and O–H groups in total. The molecule has 2 nitrogen and oxygen atoms in total. The van der Waals surface area contributed by atoms with E-state index in [4.69, 9.17) is 0 Å². The minimum Gasteiger partial charge on any atom is -0.311 e. The first-order chi connectivity index (χ1) is 27.2. The van der Waals surface area contributed by atoms with Gasteiger partial charge in [-0.15, -0.1) is 0 Å². The van der Waals surface area contributed by atoms with Crippen LogP contribution in [0.1, 0.15) is 51.7 Å². The van der Waals surface area contributed by atoms with Gasteiger partial charge in [-0.05, 0) is 141 Å². The molecule has 0 amide bonds. The molecule has 9 rings (SSSR count). The number of anilines is 6. The summed E-state index contributed by atoms with van der Waals surface area (Å²) in [5.74, 6) is 0. The van der Waals surface area contributed by atoms with Gasteiger partial charge in [-0.2, -0.15) is 0 Å². The molecule has 0 heterocycles. The summed E-state index contributed by atoms with van der Waals surface area (Å²) in [6.07, 6.45) is 2.36. The van der Waals surface area contributed by atoms with Gasteiger partial charge in [0.2, 0.25) is 0 Å². The van der Waals surface area contributed by atoms with E-state index in [1.807, 2.05) is 0 Å². The van der Waals surface area contributed by atoms with Gasteiger partial charge >= 0.3 is 0 Å². The summed E-state index contributed by atoms with van der Waals surface area (Å²) in [4.78, 5) is 4.79. The van der Waals surface area contributed by atoms with E-state index >= 15 is 0 Å². The van der Waals surface area contributed by atoms with Crippen molar-refractivity contribution in [2.24, 2.45) is 0 Å². The molecule has 8 aromatic rings. The fourth-order valence-corrected chi connectivity index (χ4v) is 8.69. The molecule has 0 unspecified atom stereocenters. The Morgan fingerprint density at radius 1 is 0.339 bits per heavy atom. The Kier molecular flexibility index (Phi) is 9.06. The molecule has 1 aliphatic carbocycles. The Morgan fingerprint density at radius 3 is 1.34 bits per heavy atom. The summed E-state index contributed by atoms with van der Waals surface area (Å²) in [6.45, 7) is 9.64. The largest absolute Gasteiger partial charge is 0.311 e. The van der Waals surface area contributed by atoms with Crippen molar-refractivity contribution in [3.8, 4) is 22.3 Å². The van der Waals surface area contributed by atoms with E-state index in [0.29, 0.717) is 0 Å². The second kappa shape index (κ2) is 14.4. The fourth-order valence-electron chi connectivity index (χ4n) is 8.69. The number of benzene rings is 8. The van der Waals surface area contributed by atoms with Crippen LogP contribution in [0.2, 0.25) is 0 Å². The Bertz CT molecular complexity index is 2600. The zero-order chi connectivity index (χ0) is 38.3. The Morgan fingerprint density at radius 2 is 0.768 bits per heavy atom.